The summed E-state index contributed by atoms with van der Waals surface area (Å²) in [5.41, 5.74) is 0.309. The van der Waals surface area contributed by atoms with Crippen molar-refractivity contribution in [3.8, 4) is 11.5 Å². The minimum atomic E-state index is -4.90. The van der Waals surface area contributed by atoms with Crippen molar-refractivity contribution in [1.82, 2.24) is 0 Å². The van der Waals surface area contributed by atoms with Crippen LogP contribution in [0, 0.1) is 0 Å². The van der Waals surface area contributed by atoms with E-state index in [2.05, 4.69) is 0 Å². The van der Waals surface area contributed by atoms with Crippen LogP contribution in [0.4, 0.5) is 13.2 Å². The second kappa shape index (κ2) is 18.0. The van der Waals surface area contributed by atoms with E-state index in [-0.39, 0.29) is 34.5 Å². The van der Waals surface area contributed by atoms with E-state index >= 15 is 0 Å². The number of benzene rings is 2. The number of rotatable bonds is 18. The first-order valence-corrected chi connectivity index (χ1v) is 17.1. The van der Waals surface area contributed by atoms with Crippen molar-refractivity contribution in [1.29, 1.82) is 0 Å². The summed E-state index contributed by atoms with van der Waals surface area (Å²) in [6.07, 6.45) is 2.96. The number of phenols is 1. The fourth-order valence-electron chi connectivity index (χ4n) is 4.78. The summed E-state index contributed by atoms with van der Waals surface area (Å²) in [5, 5.41) is 30.0. The molecular formula is C35H37Cl2F3O8S. The molecule has 0 fully saturated rings. The zero-order valence-corrected chi connectivity index (χ0v) is 29.1. The van der Waals surface area contributed by atoms with E-state index < -0.39 is 45.4 Å². The molecule has 49 heavy (non-hydrogen) atoms. The van der Waals surface area contributed by atoms with E-state index in [1.54, 1.807) is 36.4 Å². The summed E-state index contributed by atoms with van der Waals surface area (Å²) >= 11 is 12.1. The van der Waals surface area contributed by atoms with Gasteiger partial charge in [-0.25, -0.2) is 4.79 Å². The van der Waals surface area contributed by atoms with Crippen molar-refractivity contribution in [2.24, 2.45) is 0 Å². The van der Waals surface area contributed by atoms with E-state index in [0.29, 0.717) is 42.1 Å². The molecule has 1 heterocycles. The van der Waals surface area contributed by atoms with Crippen molar-refractivity contribution in [2.75, 3.05) is 6.61 Å². The molecule has 8 nitrogen and oxygen atoms in total. The van der Waals surface area contributed by atoms with Gasteiger partial charge < -0.3 is 24.5 Å². The molecule has 1 aromatic heterocycles. The standard InChI is InChI=1S/C35H37Cl2F3O8S/c1-3-10-25-28(15-14-23(21(2)41)32(25)44)47-18-9-7-5-4-6-8-11-31(26(42)16-17-34(36,37)35(38,39)40)49-22-12-13-24-27(43)20-30(33(45)46)48-29(24)19-22/h4,6,8,11-15,19-20,26,31,42,44H,3,5,7,9-10,16-18H2,1-2H3,(H,45,46)/b6-4-,11-8+. The number of carbonyl (C=O) groups is 2. The summed E-state index contributed by atoms with van der Waals surface area (Å²) in [4.78, 5) is 35.9. The van der Waals surface area contributed by atoms with E-state index in [1.165, 1.54) is 19.1 Å². The van der Waals surface area contributed by atoms with Gasteiger partial charge in [0.05, 0.1) is 28.9 Å². The number of unbranched alkanes of at least 4 members (excludes halogenated alkanes) is 2. The van der Waals surface area contributed by atoms with E-state index in [9.17, 15) is 42.9 Å². The molecule has 0 saturated carbocycles. The Morgan fingerprint density at radius 2 is 1.84 bits per heavy atom. The largest absolute Gasteiger partial charge is 0.507 e. The highest BCUT2D eigenvalue weighted by Gasteiger charge is 2.52. The highest BCUT2D eigenvalue weighted by molar-refractivity contribution is 8.00. The number of aromatic hydroxyl groups is 1. The molecule has 0 spiro atoms. The molecule has 3 aromatic rings. The maximum Gasteiger partial charge on any atom is 0.421 e. The minimum Gasteiger partial charge on any atom is -0.507 e. The maximum absolute atomic E-state index is 13.2. The van der Waals surface area contributed by atoms with Crippen LogP contribution in [-0.2, 0) is 6.42 Å². The van der Waals surface area contributed by atoms with Gasteiger partial charge in [0, 0.05) is 16.5 Å². The predicted molar refractivity (Wildman–Crippen MR) is 185 cm³/mol. The summed E-state index contributed by atoms with van der Waals surface area (Å²) < 4.78 is 47.8. The molecule has 0 aliphatic carbocycles. The number of alkyl halides is 5. The third-order valence-electron chi connectivity index (χ3n) is 7.42. The fraction of sp³-hybridized carbons (Fsp3) is 0.400. The molecule has 0 radical (unpaired) electrons. The van der Waals surface area contributed by atoms with Crippen molar-refractivity contribution in [3.63, 3.8) is 0 Å². The van der Waals surface area contributed by atoms with Crippen LogP contribution in [0.5, 0.6) is 11.5 Å². The number of fused-ring (bicyclic) bond motifs is 1. The smallest absolute Gasteiger partial charge is 0.421 e. The molecule has 266 valence electrons. The zero-order chi connectivity index (χ0) is 36.4. The Balaban J connectivity index is 1.65. The number of halogens is 5. The summed E-state index contributed by atoms with van der Waals surface area (Å²) in [7, 11) is 0. The van der Waals surface area contributed by atoms with Gasteiger partial charge in [-0.15, -0.1) is 11.8 Å². The van der Waals surface area contributed by atoms with E-state index in [0.717, 1.165) is 30.7 Å². The third kappa shape index (κ3) is 11.3. The molecule has 0 saturated heterocycles. The first-order chi connectivity index (χ1) is 23.1. The van der Waals surface area contributed by atoms with Gasteiger partial charge in [-0.05, 0) is 75.8 Å². The third-order valence-corrected chi connectivity index (χ3v) is 9.50. The maximum atomic E-state index is 13.2. The number of Topliss-reactive ketones (excluding diaryl/α,β-unsaturated/α-hetero) is 1. The molecule has 0 bridgehead atoms. The van der Waals surface area contributed by atoms with Gasteiger partial charge in [-0.1, -0.05) is 60.9 Å². The normalized spacial score (nSPS) is 13.7. The first-order valence-electron chi connectivity index (χ1n) is 15.5. The highest BCUT2D eigenvalue weighted by atomic mass is 35.5. The summed E-state index contributed by atoms with van der Waals surface area (Å²) in [6, 6.07) is 8.53. The summed E-state index contributed by atoms with van der Waals surface area (Å²) in [5.74, 6) is -1.71. The minimum absolute atomic E-state index is 0.0000589. The van der Waals surface area contributed by atoms with Gasteiger partial charge >= 0.3 is 12.1 Å². The van der Waals surface area contributed by atoms with Gasteiger partial charge in [-0.3, -0.25) is 9.59 Å². The second-order valence-corrected chi connectivity index (χ2v) is 14.0. The van der Waals surface area contributed by atoms with Crippen LogP contribution < -0.4 is 10.2 Å². The van der Waals surface area contributed by atoms with Gasteiger partial charge in [0.2, 0.25) is 10.1 Å². The van der Waals surface area contributed by atoms with Crippen molar-refractivity contribution in [3.05, 3.63) is 87.8 Å². The van der Waals surface area contributed by atoms with Gasteiger partial charge in [0.1, 0.15) is 17.1 Å². The number of carboxylic acids is 1. The van der Waals surface area contributed by atoms with Crippen molar-refractivity contribution in [2.45, 2.75) is 85.6 Å². The van der Waals surface area contributed by atoms with Crippen LogP contribution in [0.15, 0.2) is 74.8 Å². The topological polar surface area (TPSA) is 134 Å². The Morgan fingerprint density at radius 3 is 2.49 bits per heavy atom. The van der Waals surface area contributed by atoms with Crippen LogP contribution in [0.2, 0.25) is 0 Å². The lowest BCUT2D eigenvalue weighted by molar-refractivity contribution is -0.143. The number of aliphatic hydroxyl groups is 1. The number of aromatic carboxylic acids is 1. The van der Waals surface area contributed by atoms with Crippen LogP contribution in [0.3, 0.4) is 0 Å². The van der Waals surface area contributed by atoms with Crippen LogP contribution in [0.25, 0.3) is 11.0 Å². The van der Waals surface area contributed by atoms with Gasteiger partial charge in [0.25, 0.3) is 0 Å². The molecule has 0 aliphatic heterocycles. The molecule has 0 aliphatic rings. The quantitative estimate of drug-likeness (QED) is 0.0383. The predicted octanol–water partition coefficient (Wildman–Crippen LogP) is 9.05. The SMILES string of the molecule is CCCc1c(OCCCC/C=C\C=C\C(Sc2ccc3c(=O)cc(C(=O)O)oc3c2)C(O)CCC(Cl)(Cl)C(F)(F)F)ccc(C(C)=O)c1O. The molecule has 0 amide bonds. The van der Waals surface area contributed by atoms with Gasteiger partial charge in [0.15, 0.2) is 11.2 Å². The fourth-order valence-corrected chi connectivity index (χ4v) is 6.09. The Kier molecular flexibility index (Phi) is 14.7. The lowest BCUT2D eigenvalue weighted by atomic mass is 10.0. The molecule has 3 N–H and O–H groups in total. The van der Waals surface area contributed by atoms with Gasteiger partial charge in [-0.2, -0.15) is 13.2 Å². The second-order valence-electron chi connectivity index (χ2n) is 11.2. The lowest BCUT2D eigenvalue weighted by Gasteiger charge is -2.26. The van der Waals surface area contributed by atoms with Crippen molar-refractivity contribution < 1.29 is 47.2 Å². The molecule has 2 atom stereocenters. The van der Waals surface area contributed by atoms with E-state index in [1.807, 2.05) is 13.0 Å². The average molecular weight is 746 g/mol. The number of carbonyl (C=O) groups excluding carboxylic acids is 1. The Hall–Kier alpha value is -3.45. The Labute approximate surface area is 295 Å². The number of ketones is 1. The number of hydrogen-bond acceptors (Lipinski definition) is 8. The number of aliphatic hydroxyl groups excluding tert-OH is 1. The number of phenolic OH excluding ortho intramolecular Hbond substituents is 1. The monoisotopic (exact) mass is 744 g/mol. The van der Waals surface area contributed by atoms with Crippen LogP contribution in [0.1, 0.15) is 78.8 Å². The highest BCUT2D eigenvalue weighted by Crippen LogP contribution is 2.44. The lowest BCUT2D eigenvalue weighted by Crippen LogP contribution is -2.36. The molecule has 14 heteroatoms. The number of carboxylic acid groups (broad SMARTS) is 1. The number of thioether (sulfide) groups is 1. The van der Waals surface area contributed by atoms with Crippen molar-refractivity contribution >= 4 is 57.7 Å². The number of hydrogen-bond donors (Lipinski definition) is 3. The van der Waals surface area contributed by atoms with Crippen LogP contribution in [-0.4, -0.2) is 55.5 Å². The zero-order valence-electron chi connectivity index (χ0n) is 26.8. The number of allylic oxidation sites excluding steroid dienone is 3. The molecule has 2 unspecified atom stereocenters. The average Bonchev–Trinajstić information content (AvgIpc) is 3.02. The molecule has 3 rings (SSSR count). The Morgan fingerprint density at radius 1 is 1.10 bits per heavy atom. The first kappa shape index (κ1) is 40.0. The van der Waals surface area contributed by atoms with E-state index in [4.69, 9.17) is 32.4 Å². The Bertz CT molecular complexity index is 1740. The molecule has 2 aromatic carbocycles. The van der Waals surface area contributed by atoms with Crippen LogP contribution >= 0.6 is 35.0 Å². The molecular weight excluding hydrogens is 708 g/mol. The summed E-state index contributed by atoms with van der Waals surface area (Å²) in [6.45, 7) is 3.75. The number of ether oxygens (including phenoxy) is 1.